The van der Waals surface area contributed by atoms with Crippen LogP contribution in [-0.4, -0.2) is 23.9 Å². The number of rotatable bonds is 5. The first kappa shape index (κ1) is 16.5. The van der Waals surface area contributed by atoms with Gasteiger partial charge in [0, 0.05) is 5.92 Å². The van der Waals surface area contributed by atoms with Gasteiger partial charge in [0.15, 0.2) is 0 Å². The first-order chi connectivity index (χ1) is 11.0. The van der Waals surface area contributed by atoms with Gasteiger partial charge in [-0.15, -0.1) is 0 Å². The van der Waals surface area contributed by atoms with Crippen LogP contribution in [0.4, 0.5) is 11.5 Å². The standard InChI is InChI=1S/C17H19N3O3/c1-11(2)16(21)19-12-8-9-15(18-10-12)20-17(22)13-6-4-5-7-14(13)23-3/h4-11H,1-3H3,(H,19,21)(H,18,20,22). The Kier molecular flexibility index (Phi) is 5.30. The van der Waals surface area contributed by atoms with E-state index in [1.165, 1.54) is 13.3 Å². The number of para-hydroxylation sites is 1. The highest BCUT2D eigenvalue weighted by molar-refractivity contribution is 6.05. The fraction of sp³-hybridized carbons (Fsp3) is 0.235. The Morgan fingerprint density at radius 3 is 2.43 bits per heavy atom. The number of ether oxygens (including phenoxy) is 1. The molecule has 0 atom stereocenters. The van der Waals surface area contributed by atoms with E-state index in [1.807, 2.05) is 13.8 Å². The van der Waals surface area contributed by atoms with Gasteiger partial charge in [0.25, 0.3) is 5.91 Å². The van der Waals surface area contributed by atoms with Crippen LogP contribution in [-0.2, 0) is 4.79 Å². The number of pyridine rings is 1. The van der Waals surface area contributed by atoms with Gasteiger partial charge in [-0.3, -0.25) is 9.59 Å². The maximum atomic E-state index is 12.2. The number of amides is 2. The molecular formula is C17H19N3O3. The number of nitrogens with one attached hydrogen (secondary N) is 2. The fourth-order valence-electron chi connectivity index (χ4n) is 1.84. The number of benzene rings is 1. The van der Waals surface area contributed by atoms with Gasteiger partial charge < -0.3 is 15.4 Å². The number of carbonyl (C=O) groups excluding carboxylic acids is 2. The van der Waals surface area contributed by atoms with Gasteiger partial charge in [-0.25, -0.2) is 4.98 Å². The average molecular weight is 313 g/mol. The minimum atomic E-state index is -0.311. The van der Waals surface area contributed by atoms with Crippen molar-refractivity contribution in [2.45, 2.75) is 13.8 Å². The maximum Gasteiger partial charge on any atom is 0.260 e. The highest BCUT2D eigenvalue weighted by atomic mass is 16.5. The van der Waals surface area contributed by atoms with E-state index < -0.39 is 0 Å². The summed E-state index contributed by atoms with van der Waals surface area (Å²) in [5.74, 6) is 0.376. The second-order valence-electron chi connectivity index (χ2n) is 5.23. The van der Waals surface area contributed by atoms with Crippen molar-refractivity contribution < 1.29 is 14.3 Å². The van der Waals surface area contributed by atoms with E-state index in [0.29, 0.717) is 22.8 Å². The molecule has 120 valence electrons. The zero-order valence-corrected chi connectivity index (χ0v) is 13.3. The molecule has 0 radical (unpaired) electrons. The molecule has 2 rings (SSSR count). The van der Waals surface area contributed by atoms with E-state index in [9.17, 15) is 9.59 Å². The fourth-order valence-corrected chi connectivity index (χ4v) is 1.84. The Morgan fingerprint density at radius 1 is 1.09 bits per heavy atom. The lowest BCUT2D eigenvalue weighted by molar-refractivity contribution is -0.118. The van der Waals surface area contributed by atoms with Crippen LogP contribution in [0.15, 0.2) is 42.6 Å². The molecule has 6 heteroatoms. The molecule has 0 spiro atoms. The molecule has 1 aromatic heterocycles. The number of anilines is 2. The van der Waals surface area contributed by atoms with Gasteiger partial charge in [-0.05, 0) is 24.3 Å². The molecular weight excluding hydrogens is 294 g/mol. The molecule has 0 unspecified atom stereocenters. The first-order valence-corrected chi connectivity index (χ1v) is 7.22. The smallest absolute Gasteiger partial charge is 0.260 e. The Labute approximate surface area is 134 Å². The summed E-state index contributed by atoms with van der Waals surface area (Å²) in [7, 11) is 1.51. The van der Waals surface area contributed by atoms with Crippen LogP contribution >= 0.6 is 0 Å². The van der Waals surface area contributed by atoms with Crippen LogP contribution in [0.3, 0.4) is 0 Å². The van der Waals surface area contributed by atoms with Gasteiger partial charge in [0.1, 0.15) is 11.6 Å². The summed E-state index contributed by atoms with van der Waals surface area (Å²) in [5, 5.41) is 5.43. The van der Waals surface area contributed by atoms with Gasteiger partial charge in [0.2, 0.25) is 5.91 Å². The summed E-state index contributed by atoms with van der Waals surface area (Å²) in [4.78, 5) is 28.0. The summed E-state index contributed by atoms with van der Waals surface area (Å²) in [6.45, 7) is 3.62. The van der Waals surface area contributed by atoms with E-state index >= 15 is 0 Å². The summed E-state index contributed by atoms with van der Waals surface area (Å²) < 4.78 is 5.16. The molecule has 0 aliphatic heterocycles. The number of hydrogen-bond donors (Lipinski definition) is 2. The minimum Gasteiger partial charge on any atom is -0.496 e. The van der Waals surface area contributed by atoms with Crippen molar-refractivity contribution in [2.24, 2.45) is 5.92 Å². The van der Waals surface area contributed by atoms with Crippen molar-refractivity contribution in [3.63, 3.8) is 0 Å². The number of carbonyl (C=O) groups is 2. The molecule has 6 nitrogen and oxygen atoms in total. The lowest BCUT2D eigenvalue weighted by atomic mass is 10.2. The first-order valence-electron chi connectivity index (χ1n) is 7.22. The molecule has 0 saturated carbocycles. The molecule has 2 amide bonds. The van der Waals surface area contributed by atoms with E-state index in [0.717, 1.165) is 0 Å². The molecule has 2 N–H and O–H groups in total. The number of nitrogens with zero attached hydrogens (tertiary/aromatic N) is 1. The van der Waals surface area contributed by atoms with Crippen LogP contribution in [0.2, 0.25) is 0 Å². The average Bonchev–Trinajstić information content (AvgIpc) is 2.56. The van der Waals surface area contributed by atoms with Crippen molar-refractivity contribution in [1.82, 2.24) is 4.98 Å². The number of aromatic nitrogens is 1. The molecule has 0 aliphatic carbocycles. The van der Waals surface area contributed by atoms with E-state index in [2.05, 4.69) is 15.6 Å². The van der Waals surface area contributed by atoms with Gasteiger partial charge >= 0.3 is 0 Å². The predicted molar refractivity (Wildman–Crippen MR) is 88.7 cm³/mol. The molecule has 0 saturated heterocycles. The van der Waals surface area contributed by atoms with Gasteiger partial charge in [0.05, 0.1) is 24.6 Å². The third-order valence-corrected chi connectivity index (χ3v) is 3.15. The second kappa shape index (κ2) is 7.40. The molecule has 1 aromatic carbocycles. The van der Waals surface area contributed by atoms with Crippen LogP contribution in [0.5, 0.6) is 5.75 Å². The highest BCUT2D eigenvalue weighted by Gasteiger charge is 2.12. The van der Waals surface area contributed by atoms with Crippen LogP contribution in [0.1, 0.15) is 24.2 Å². The van der Waals surface area contributed by atoms with E-state index in [1.54, 1.807) is 36.4 Å². The topological polar surface area (TPSA) is 80.3 Å². The van der Waals surface area contributed by atoms with Crippen molar-refractivity contribution in [2.75, 3.05) is 17.7 Å². The monoisotopic (exact) mass is 313 g/mol. The second-order valence-corrected chi connectivity index (χ2v) is 5.23. The van der Waals surface area contributed by atoms with Crippen molar-refractivity contribution in [3.05, 3.63) is 48.2 Å². The third kappa shape index (κ3) is 4.29. The van der Waals surface area contributed by atoms with E-state index in [4.69, 9.17) is 4.74 Å². The molecule has 0 bridgehead atoms. The quantitative estimate of drug-likeness (QED) is 0.889. The summed E-state index contributed by atoms with van der Waals surface area (Å²) in [6.07, 6.45) is 1.50. The summed E-state index contributed by atoms with van der Waals surface area (Å²) in [5.41, 5.74) is 1.01. The largest absolute Gasteiger partial charge is 0.496 e. The van der Waals surface area contributed by atoms with Crippen molar-refractivity contribution in [3.8, 4) is 5.75 Å². The summed E-state index contributed by atoms with van der Waals surface area (Å²) >= 11 is 0. The van der Waals surface area contributed by atoms with Gasteiger partial charge in [-0.1, -0.05) is 26.0 Å². The highest BCUT2D eigenvalue weighted by Crippen LogP contribution is 2.19. The third-order valence-electron chi connectivity index (χ3n) is 3.15. The minimum absolute atomic E-state index is 0.0855. The zero-order chi connectivity index (χ0) is 16.8. The molecule has 23 heavy (non-hydrogen) atoms. The molecule has 1 heterocycles. The Balaban J connectivity index is 2.06. The predicted octanol–water partition coefficient (Wildman–Crippen LogP) is 2.94. The number of hydrogen-bond acceptors (Lipinski definition) is 4. The SMILES string of the molecule is COc1ccccc1C(=O)Nc1ccc(NC(=O)C(C)C)cn1. The maximum absolute atomic E-state index is 12.2. The molecule has 2 aromatic rings. The van der Waals surface area contributed by atoms with Crippen LogP contribution in [0, 0.1) is 5.92 Å². The Bertz CT molecular complexity index is 696. The van der Waals surface area contributed by atoms with Crippen LogP contribution < -0.4 is 15.4 Å². The number of methoxy groups -OCH3 is 1. The van der Waals surface area contributed by atoms with Crippen LogP contribution in [0.25, 0.3) is 0 Å². The Morgan fingerprint density at radius 2 is 1.83 bits per heavy atom. The Hall–Kier alpha value is -2.89. The summed E-state index contributed by atoms with van der Waals surface area (Å²) in [6, 6.07) is 10.3. The van der Waals surface area contributed by atoms with Crippen molar-refractivity contribution in [1.29, 1.82) is 0 Å². The zero-order valence-electron chi connectivity index (χ0n) is 13.3. The van der Waals surface area contributed by atoms with E-state index in [-0.39, 0.29) is 17.7 Å². The lowest BCUT2D eigenvalue weighted by Gasteiger charge is -2.10. The lowest BCUT2D eigenvalue weighted by Crippen LogP contribution is -2.18. The van der Waals surface area contributed by atoms with Crippen molar-refractivity contribution >= 4 is 23.3 Å². The molecule has 0 aliphatic rings. The molecule has 0 fully saturated rings. The van der Waals surface area contributed by atoms with Gasteiger partial charge in [-0.2, -0.15) is 0 Å². The normalized spacial score (nSPS) is 10.3.